The highest BCUT2D eigenvalue weighted by Gasteiger charge is 2.28. The van der Waals surface area contributed by atoms with E-state index in [1.807, 2.05) is 0 Å². The van der Waals surface area contributed by atoms with Crippen molar-refractivity contribution in [3.05, 3.63) is 461 Å². The standard InChI is InChI=1S/C64H40O.C58H36O/c1-4-20-41(21-5-1)44-38-45(42-22-6-2-7-23-42)40-46(39-44)60-49-28-12-14-30-51(49)61(52-31-15-13-29-50(52)60)55-34-19-37-58-63(55)57-36-18-35-56(64(57)65-58)62-53-32-16-10-26-47(53)59(43-24-8-3-9-25-43)48-27-11-17-33-54(48)62;1-3-18-37(19-4-1)39-22-15-23-40(36-39)54-43-26-9-11-28-45(43)55(46-29-12-10-27-44(46)54)49-32-17-35-52-57(49)51-34-16-33-50(58(51)59-52)56-47-30-13-7-24-41(47)53(38-20-5-2-6-21-38)42-25-8-14-31-48(42)56/h1-40H;1-36H. The van der Waals surface area contributed by atoms with Gasteiger partial charge in [-0.15, -0.1) is 0 Å². The third-order valence-corrected chi connectivity index (χ3v) is 25.7. The topological polar surface area (TPSA) is 26.3 Å². The Balaban J connectivity index is 0.000000140. The van der Waals surface area contributed by atoms with Crippen molar-refractivity contribution in [1.82, 2.24) is 0 Å². The molecule has 0 aliphatic heterocycles. The van der Waals surface area contributed by atoms with Crippen LogP contribution in [0.5, 0.6) is 0 Å². The minimum atomic E-state index is 0.875. The molecule has 0 aliphatic rings. The van der Waals surface area contributed by atoms with Gasteiger partial charge in [-0.25, -0.2) is 0 Å². The summed E-state index contributed by atoms with van der Waals surface area (Å²) >= 11 is 0. The highest BCUT2D eigenvalue weighted by Crippen LogP contribution is 2.55. The second-order valence-electron chi connectivity index (χ2n) is 32.5. The van der Waals surface area contributed by atoms with Gasteiger partial charge in [-0.3, -0.25) is 0 Å². The Morgan fingerprint density at radius 3 is 0.621 bits per heavy atom. The Labute approximate surface area is 717 Å². The first-order chi connectivity index (χ1) is 61.6. The van der Waals surface area contributed by atoms with E-state index in [4.69, 9.17) is 8.83 Å². The van der Waals surface area contributed by atoms with Gasteiger partial charge in [0.25, 0.3) is 0 Å². The molecule has 0 radical (unpaired) electrons. The van der Waals surface area contributed by atoms with Crippen LogP contribution in [0, 0.1) is 0 Å². The van der Waals surface area contributed by atoms with Gasteiger partial charge in [0, 0.05) is 43.8 Å². The van der Waals surface area contributed by atoms with Gasteiger partial charge in [-0.05, 0) is 223 Å². The van der Waals surface area contributed by atoms with E-state index in [1.54, 1.807) is 0 Å². The van der Waals surface area contributed by atoms with E-state index in [2.05, 4.69) is 461 Å². The lowest BCUT2D eigenvalue weighted by Gasteiger charge is -2.19. The smallest absolute Gasteiger partial charge is 0.143 e. The molecule has 0 unspecified atom stereocenters. The lowest BCUT2D eigenvalue weighted by Crippen LogP contribution is -1.92. The van der Waals surface area contributed by atoms with E-state index < -0.39 is 0 Å². The number of furan rings is 2. The number of benzene rings is 23. The SMILES string of the molecule is c1ccc(-c2cc(-c3ccccc3)cc(-c3c4ccccc4c(-c4cccc5oc6c(-c7c8ccccc8c(-c8ccccc8)c8ccccc78)cccc6c45)c4ccccc34)c2)cc1.c1ccc(-c2cccc(-c3c4ccccc4c(-c4cccc5oc6c(-c7c8ccccc8c(-c8ccccc8)c8ccccc78)cccc6c45)c4ccccc34)c2)cc1. The monoisotopic (exact) mass is 1570 g/mol. The van der Waals surface area contributed by atoms with Crippen LogP contribution in [0.25, 0.3) is 252 Å². The zero-order chi connectivity index (χ0) is 81.7. The second-order valence-corrected chi connectivity index (χ2v) is 32.5. The van der Waals surface area contributed by atoms with Gasteiger partial charge < -0.3 is 8.83 Å². The highest BCUT2D eigenvalue weighted by atomic mass is 16.3. The average Bonchev–Trinajstić information content (AvgIpc) is 1.47. The largest absolute Gasteiger partial charge is 0.455 e. The van der Waals surface area contributed by atoms with Crippen molar-refractivity contribution in [2.45, 2.75) is 0 Å². The molecule has 2 heterocycles. The van der Waals surface area contributed by atoms with Crippen molar-refractivity contribution in [3.63, 3.8) is 0 Å². The first kappa shape index (κ1) is 71.8. The van der Waals surface area contributed by atoms with Crippen LogP contribution in [0.4, 0.5) is 0 Å². The van der Waals surface area contributed by atoms with Crippen LogP contribution < -0.4 is 0 Å². The zero-order valence-corrected chi connectivity index (χ0v) is 67.7. The molecular weight excluding hydrogens is 1500 g/mol. The maximum atomic E-state index is 7.14. The van der Waals surface area contributed by atoms with Crippen molar-refractivity contribution >= 4 is 130 Å². The summed E-state index contributed by atoms with van der Waals surface area (Å²) < 4.78 is 14.2. The lowest BCUT2D eigenvalue weighted by molar-refractivity contribution is 0.670. The van der Waals surface area contributed by atoms with Crippen LogP contribution in [0.15, 0.2) is 470 Å². The summed E-state index contributed by atoms with van der Waals surface area (Å²) in [4.78, 5) is 0. The van der Waals surface area contributed by atoms with E-state index >= 15 is 0 Å². The van der Waals surface area contributed by atoms with Gasteiger partial charge in [-0.1, -0.05) is 425 Å². The highest BCUT2D eigenvalue weighted by molar-refractivity contribution is 6.32. The van der Waals surface area contributed by atoms with Crippen molar-refractivity contribution < 1.29 is 8.83 Å². The lowest BCUT2D eigenvalue weighted by atomic mass is 9.83. The van der Waals surface area contributed by atoms with E-state index in [0.717, 1.165) is 60.6 Å². The Bertz CT molecular complexity index is 8290. The summed E-state index contributed by atoms with van der Waals surface area (Å²) in [5.41, 5.74) is 29.9. The molecule has 0 atom stereocenters. The first-order valence-electron chi connectivity index (χ1n) is 42.8. The van der Waals surface area contributed by atoms with Crippen molar-refractivity contribution in [2.75, 3.05) is 0 Å². The molecule has 0 N–H and O–H groups in total. The molecule has 0 spiro atoms. The van der Waals surface area contributed by atoms with E-state index in [0.29, 0.717) is 0 Å². The maximum absolute atomic E-state index is 7.14. The molecule has 576 valence electrons. The molecule has 25 rings (SSSR count). The van der Waals surface area contributed by atoms with Gasteiger partial charge in [0.05, 0.1) is 0 Å². The molecule has 0 amide bonds. The summed E-state index contributed by atoms with van der Waals surface area (Å²) in [6.07, 6.45) is 0. The van der Waals surface area contributed by atoms with Gasteiger partial charge in [0.1, 0.15) is 22.3 Å². The van der Waals surface area contributed by atoms with Crippen LogP contribution >= 0.6 is 0 Å². The van der Waals surface area contributed by atoms with Gasteiger partial charge in [-0.2, -0.15) is 0 Å². The summed E-state index contributed by atoms with van der Waals surface area (Å²) in [6, 6.07) is 168. The molecule has 0 bridgehead atoms. The van der Waals surface area contributed by atoms with Crippen LogP contribution in [0.3, 0.4) is 0 Å². The zero-order valence-electron chi connectivity index (χ0n) is 67.7. The number of rotatable bonds is 11. The van der Waals surface area contributed by atoms with Gasteiger partial charge in [0.15, 0.2) is 0 Å². The molecule has 0 saturated heterocycles. The number of hydrogen-bond acceptors (Lipinski definition) is 2. The fourth-order valence-corrected chi connectivity index (χ4v) is 20.5. The van der Waals surface area contributed by atoms with Crippen LogP contribution in [0.1, 0.15) is 0 Å². The Morgan fingerprint density at radius 1 is 0.113 bits per heavy atom. The van der Waals surface area contributed by atoms with Gasteiger partial charge in [0.2, 0.25) is 0 Å². The molecule has 124 heavy (non-hydrogen) atoms. The maximum Gasteiger partial charge on any atom is 0.143 e. The summed E-state index contributed by atoms with van der Waals surface area (Å²) in [7, 11) is 0. The Kier molecular flexibility index (Phi) is 17.3. The first-order valence-corrected chi connectivity index (χ1v) is 42.8. The molecular formula is C122H76O2. The van der Waals surface area contributed by atoms with Crippen molar-refractivity contribution in [1.29, 1.82) is 0 Å². The number of hydrogen-bond donors (Lipinski definition) is 0. The Morgan fingerprint density at radius 2 is 0.306 bits per heavy atom. The molecule has 25 aromatic rings. The van der Waals surface area contributed by atoms with Crippen LogP contribution in [0.2, 0.25) is 0 Å². The van der Waals surface area contributed by atoms with E-state index in [1.165, 1.54) is 192 Å². The minimum absolute atomic E-state index is 0.875. The molecule has 2 nitrogen and oxygen atoms in total. The quantitative estimate of drug-likeness (QED) is 0.121. The number of para-hydroxylation sites is 2. The predicted octanol–water partition coefficient (Wildman–Crippen LogP) is 34.7. The van der Waals surface area contributed by atoms with Crippen LogP contribution in [-0.4, -0.2) is 0 Å². The summed E-state index contributed by atoms with van der Waals surface area (Å²) in [5.74, 6) is 0. The molecule has 23 aromatic carbocycles. The van der Waals surface area contributed by atoms with Crippen molar-refractivity contribution in [2.24, 2.45) is 0 Å². The third-order valence-electron chi connectivity index (χ3n) is 25.7. The van der Waals surface area contributed by atoms with E-state index in [-0.39, 0.29) is 0 Å². The van der Waals surface area contributed by atoms with Gasteiger partial charge >= 0.3 is 0 Å². The fourth-order valence-electron chi connectivity index (χ4n) is 20.5. The third kappa shape index (κ3) is 11.8. The summed E-state index contributed by atoms with van der Waals surface area (Å²) in [6.45, 7) is 0. The minimum Gasteiger partial charge on any atom is -0.455 e. The number of fused-ring (bicyclic) bond motifs is 14. The molecule has 0 fully saturated rings. The average molecular weight is 1570 g/mol. The summed E-state index contributed by atoms with van der Waals surface area (Å²) in [5, 5.41) is 24.0. The molecule has 0 aliphatic carbocycles. The predicted molar refractivity (Wildman–Crippen MR) is 527 cm³/mol. The van der Waals surface area contributed by atoms with E-state index in [9.17, 15) is 0 Å². The Hall–Kier alpha value is -16.3. The fraction of sp³-hybridized carbons (Fsp3) is 0. The molecule has 2 aromatic heterocycles. The molecule has 0 saturated carbocycles. The molecule has 2 heteroatoms. The normalized spacial score (nSPS) is 11.7. The second kappa shape index (κ2) is 29.9. The van der Waals surface area contributed by atoms with Crippen molar-refractivity contribution in [3.8, 4) is 122 Å². The van der Waals surface area contributed by atoms with Crippen LogP contribution in [-0.2, 0) is 0 Å².